The van der Waals surface area contributed by atoms with E-state index in [0.717, 1.165) is 4.47 Å². The highest BCUT2D eigenvalue weighted by molar-refractivity contribution is 9.10. The van der Waals surface area contributed by atoms with Crippen LogP contribution in [0.3, 0.4) is 0 Å². The van der Waals surface area contributed by atoms with Crippen molar-refractivity contribution in [2.24, 2.45) is 5.92 Å². The molecule has 2 unspecified atom stereocenters. The van der Waals surface area contributed by atoms with Gasteiger partial charge < -0.3 is 14.6 Å². The number of carbonyl (C=O) groups is 2. The van der Waals surface area contributed by atoms with Gasteiger partial charge in [0.2, 0.25) is 11.4 Å². The van der Waals surface area contributed by atoms with E-state index in [0.29, 0.717) is 11.1 Å². The molecule has 0 amide bonds. The van der Waals surface area contributed by atoms with Gasteiger partial charge >= 0.3 is 5.97 Å². The van der Waals surface area contributed by atoms with Crippen molar-refractivity contribution in [1.82, 2.24) is 4.98 Å². The maximum atomic E-state index is 14.2. The fraction of sp³-hybridized carbons (Fsp3) is 0.208. The highest BCUT2D eigenvalue weighted by atomic mass is 79.9. The molecule has 1 fully saturated rings. The minimum atomic E-state index is -2.27. The lowest BCUT2D eigenvalue weighted by molar-refractivity contribution is -0.162. The molecule has 0 saturated heterocycles. The number of aromatic nitrogens is 1. The lowest BCUT2D eigenvalue weighted by Crippen LogP contribution is -2.51. The summed E-state index contributed by atoms with van der Waals surface area (Å²) < 4.78 is 12.3. The first-order chi connectivity index (χ1) is 15.4. The summed E-state index contributed by atoms with van der Waals surface area (Å²) in [5.74, 6) is -3.45. The molecule has 5 rings (SSSR count). The van der Waals surface area contributed by atoms with Gasteiger partial charge in [-0.2, -0.15) is 0 Å². The van der Waals surface area contributed by atoms with Crippen molar-refractivity contribution in [2.75, 3.05) is 7.11 Å². The minimum Gasteiger partial charge on any atom is -0.472 e. The zero-order valence-corrected chi connectivity index (χ0v) is 19.1. The lowest BCUT2D eigenvalue weighted by Gasteiger charge is -2.39. The molecule has 0 spiro atoms. The number of ether oxygens (including phenoxy) is 2. The average molecular weight is 515 g/mol. The Labute approximate surface area is 197 Å². The molecule has 8 heteroatoms. The first kappa shape index (κ1) is 21.1. The van der Waals surface area contributed by atoms with Crippen LogP contribution in [-0.2, 0) is 25.5 Å². The number of Topliss-reactive ketones (excluding diaryl/α,β-unsaturated/α-hetero) is 1. The second kappa shape index (κ2) is 7.40. The zero-order chi connectivity index (χ0) is 22.7. The second-order valence-electron chi connectivity index (χ2n) is 7.82. The highest BCUT2D eigenvalue weighted by Crippen LogP contribution is 2.65. The van der Waals surface area contributed by atoms with E-state index in [4.69, 9.17) is 21.1 Å². The van der Waals surface area contributed by atoms with Crippen LogP contribution in [0.2, 0.25) is 5.02 Å². The number of benzene rings is 2. The van der Waals surface area contributed by atoms with Gasteiger partial charge in [-0.1, -0.05) is 70.0 Å². The summed E-state index contributed by atoms with van der Waals surface area (Å²) in [5.41, 5.74) is -2.80. The molecule has 2 aromatic carbocycles. The molecule has 3 aromatic rings. The van der Waals surface area contributed by atoms with Crippen molar-refractivity contribution in [3.8, 4) is 5.75 Å². The average Bonchev–Trinajstić information content (AvgIpc) is 2.92. The zero-order valence-electron chi connectivity index (χ0n) is 16.8. The Kier molecular flexibility index (Phi) is 4.89. The predicted molar refractivity (Wildman–Crippen MR) is 119 cm³/mol. The molecule has 6 nitrogen and oxygen atoms in total. The van der Waals surface area contributed by atoms with Gasteiger partial charge in [-0.3, -0.25) is 14.6 Å². The number of rotatable bonds is 3. The number of fused-ring (bicyclic) bond motifs is 4. The molecule has 1 aliphatic heterocycles. The number of ketones is 1. The quantitative estimate of drug-likeness (QED) is 0.529. The van der Waals surface area contributed by atoms with Gasteiger partial charge in [-0.15, -0.1) is 0 Å². The molecule has 32 heavy (non-hydrogen) atoms. The molecular weight excluding hydrogens is 498 g/mol. The summed E-state index contributed by atoms with van der Waals surface area (Å²) in [5, 5.41) is 12.1. The smallest absolute Gasteiger partial charge is 0.313 e. The fourth-order valence-electron chi connectivity index (χ4n) is 5.05. The number of aliphatic hydroxyl groups is 1. The molecule has 1 N–H and O–H groups in total. The first-order valence-electron chi connectivity index (χ1n) is 9.84. The van der Waals surface area contributed by atoms with Crippen molar-refractivity contribution in [3.05, 3.63) is 93.2 Å². The van der Waals surface area contributed by atoms with Gasteiger partial charge in [0, 0.05) is 16.2 Å². The maximum Gasteiger partial charge on any atom is 0.313 e. The molecule has 2 heterocycles. The first-order valence-corrected chi connectivity index (χ1v) is 11.0. The van der Waals surface area contributed by atoms with Crippen LogP contribution >= 0.6 is 27.5 Å². The van der Waals surface area contributed by atoms with Crippen LogP contribution in [-0.4, -0.2) is 29.0 Å². The van der Waals surface area contributed by atoms with Gasteiger partial charge in [-0.25, -0.2) is 0 Å². The second-order valence-corrected chi connectivity index (χ2v) is 9.15. The minimum absolute atomic E-state index is 0.0285. The SMILES string of the molecule is COC(=O)C1C(c2ccccc2)[C@]2(c3ccc(Br)cc3)Oc3cncc(Cl)c3[C@@]1(O)C2=O. The van der Waals surface area contributed by atoms with Crippen molar-refractivity contribution in [3.63, 3.8) is 0 Å². The Morgan fingerprint density at radius 1 is 1.16 bits per heavy atom. The Hall–Kier alpha value is -2.74. The predicted octanol–water partition coefficient (Wildman–Crippen LogP) is 4.13. The van der Waals surface area contributed by atoms with Crippen molar-refractivity contribution >= 4 is 39.3 Å². The van der Waals surface area contributed by atoms with E-state index in [-0.39, 0.29) is 16.3 Å². The monoisotopic (exact) mass is 513 g/mol. The molecule has 2 bridgehead atoms. The Bertz CT molecular complexity index is 1230. The number of nitrogens with zero attached hydrogens (tertiary/aromatic N) is 1. The van der Waals surface area contributed by atoms with Gasteiger partial charge in [0.15, 0.2) is 5.60 Å². The Morgan fingerprint density at radius 2 is 1.84 bits per heavy atom. The molecule has 0 radical (unpaired) electrons. The van der Waals surface area contributed by atoms with Crippen LogP contribution in [0, 0.1) is 5.92 Å². The lowest BCUT2D eigenvalue weighted by atomic mass is 9.75. The molecule has 1 aliphatic carbocycles. The van der Waals surface area contributed by atoms with Gasteiger partial charge in [0.05, 0.1) is 29.8 Å². The van der Waals surface area contributed by atoms with Gasteiger partial charge in [0.1, 0.15) is 11.7 Å². The normalized spacial score (nSPS) is 28.1. The van der Waals surface area contributed by atoms with Crippen molar-refractivity contribution < 1.29 is 24.2 Å². The fourth-order valence-corrected chi connectivity index (χ4v) is 5.60. The number of hydrogen-bond acceptors (Lipinski definition) is 6. The third kappa shape index (κ3) is 2.65. The summed E-state index contributed by atoms with van der Waals surface area (Å²) in [4.78, 5) is 31.4. The molecule has 1 saturated carbocycles. The maximum absolute atomic E-state index is 14.2. The summed E-state index contributed by atoms with van der Waals surface area (Å²) in [6.45, 7) is 0. The van der Waals surface area contributed by atoms with Crippen molar-refractivity contribution in [1.29, 1.82) is 0 Å². The van der Waals surface area contributed by atoms with Crippen LogP contribution in [0.15, 0.2) is 71.5 Å². The van der Waals surface area contributed by atoms with E-state index in [1.807, 2.05) is 6.07 Å². The summed E-state index contributed by atoms with van der Waals surface area (Å²) >= 11 is 9.81. The number of pyridine rings is 1. The number of esters is 1. The van der Waals surface area contributed by atoms with Crippen LogP contribution in [0.4, 0.5) is 0 Å². The number of carbonyl (C=O) groups excluding carboxylic acids is 2. The molecule has 4 atom stereocenters. The van der Waals surface area contributed by atoms with Gasteiger partial charge in [-0.05, 0) is 17.7 Å². The number of methoxy groups -OCH3 is 1. The van der Waals surface area contributed by atoms with E-state index in [9.17, 15) is 14.7 Å². The van der Waals surface area contributed by atoms with Crippen LogP contribution in [0.1, 0.15) is 22.6 Å². The standard InChI is InChI=1S/C24H17BrClNO5/c1-31-21(28)20-18(13-5-3-2-4-6-13)24(14-7-9-15(25)10-8-14)22(29)23(20,30)19-16(26)11-27-12-17(19)32-24/h2-12,18,20,30H,1H3/t18?,20?,23-,24-/m0/s1. The third-order valence-corrected chi connectivity index (χ3v) is 7.12. The number of halogens is 2. The number of hydrogen-bond donors (Lipinski definition) is 1. The van der Waals surface area contributed by atoms with Crippen LogP contribution in [0.5, 0.6) is 5.75 Å². The molecule has 2 aliphatic rings. The van der Waals surface area contributed by atoms with E-state index in [1.165, 1.54) is 19.5 Å². The Morgan fingerprint density at radius 3 is 2.50 bits per heavy atom. The molecule has 162 valence electrons. The summed E-state index contributed by atoms with van der Waals surface area (Å²) in [7, 11) is 1.22. The topological polar surface area (TPSA) is 85.7 Å². The Balaban J connectivity index is 1.91. The van der Waals surface area contributed by atoms with E-state index < -0.39 is 34.8 Å². The van der Waals surface area contributed by atoms with E-state index >= 15 is 0 Å². The van der Waals surface area contributed by atoms with Gasteiger partial charge in [0.25, 0.3) is 0 Å². The van der Waals surface area contributed by atoms with E-state index in [1.54, 1.807) is 48.5 Å². The highest BCUT2D eigenvalue weighted by Gasteiger charge is 2.76. The summed E-state index contributed by atoms with van der Waals surface area (Å²) in [6, 6.07) is 16.1. The largest absolute Gasteiger partial charge is 0.472 e. The van der Waals surface area contributed by atoms with E-state index in [2.05, 4.69) is 20.9 Å². The third-order valence-electron chi connectivity index (χ3n) is 6.31. The molecule has 1 aromatic heterocycles. The summed E-state index contributed by atoms with van der Waals surface area (Å²) in [6.07, 6.45) is 2.71. The van der Waals surface area contributed by atoms with Crippen molar-refractivity contribution in [2.45, 2.75) is 17.1 Å². The molecular formula is C24H17BrClNO5. The van der Waals surface area contributed by atoms with Crippen LogP contribution < -0.4 is 4.74 Å². The van der Waals surface area contributed by atoms with Crippen LogP contribution in [0.25, 0.3) is 0 Å².